The Hall–Kier alpha value is -6.05. The molecule has 2 aliphatic heterocycles. The lowest BCUT2D eigenvalue weighted by atomic mass is 9.91. The van der Waals surface area contributed by atoms with Crippen LogP contribution in [-0.2, 0) is 21.3 Å². The van der Waals surface area contributed by atoms with E-state index in [1.807, 2.05) is 60.6 Å². The highest BCUT2D eigenvalue weighted by atomic mass is 31.2. The maximum atomic E-state index is 15.5. The molecule has 0 spiro atoms. The number of aryl methyl sites for hydroxylation is 2. The van der Waals surface area contributed by atoms with Crippen LogP contribution in [0.2, 0.25) is 0 Å². The minimum Gasteiger partial charge on any atom is -0.381 e. The summed E-state index contributed by atoms with van der Waals surface area (Å²) in [4.78, 5) is 47.2. The summed E-state index contributed by atoms with van der Waals surface area (Å²) >= 11 is 0. The normalized spacial score (nSPS) is 20.3. The third kappa shape index (κ3) is 6.52. The smallest absolute Gasteiger partial charge is 0.381 e. The van der Waals surface area contributed by atoms with Gasteiger partial charge in [-0.3, -0.25) is 23.4 Å². The zero-order chi connectivity index (χ0) is 44.8. The number of carbonyl (C=O) groups excluding carboxylic acids is 1. The lowest BCUT2D eigenvalue weighted by molar-refractivity contribution is 0.0663. The Morgan fingerprint density at radius 1 is 0.938 bits per heavy atom. The fourth-order valence-electron chi connectivity index (χ4n) is 10.4. The van der Waals surface area contributed by atoms with Gasteiger partial charge in [-0.25, -0.2) is 18.7 Å². The summed E-state index contributed by atoms with van der Waals surface area (Å²) in [6, 6.07) is 18.5. The van der Waals surface area contributed by atoms with Gasteiger partial charge < -0.3 is 18.8 Å². The summed E-state index contributed by atoms with van der Waals surface area (Å²) < 4.78 is 46.1. The second kappa shape index (κ2) is 15.6. The molecule has 14 nitrogen and oxygen atoms in total. The van der Waals surface area contributed by atoms with Crippen molar-refractivity contribution in [1.82, 2.24) is 38.5 Å². The number of benzene rings is 3. The number of carbonyl (C=O) groups is 1. The molecule has 1 N–H and O–H groups in total. The van der Waals surface area contributed by atoms with Crippen molar-refractivity contribution in [3.05, 3.63) is 139 Å². The van der Waals surface area contributed by atoms with Crippen LogP contribution in [-0.4, -0.2) is 76.5 Å². The van der Waals surface area contributed by atoms with E-state index < -0.39 is 24.5 Å². The summed E-state index contributed by atoms with van der Waals surface area (Å²) in [5.74, 6) is -0.0189. The first kappa shape index (κ1) is 41.9. The Balaban J connectivity index is 1.10. The van der Waals surface area contributed by atoms with Crippen LogP contribution in [0, 0.1) is 25.6 Å². The molecule has 7 aromatic rings. The number of H-pyrrole nitrogens is 1. The number of halogens is 1. The monoisotopic (exact) mass is 886 g/mol. The van der Waals surface area contributed by atoms with E-state index in [-0.39, 0.29) is 23.3 Å². The average Bonchev–Trinajstić information content (AvgIpc) is 3.80. The number of imidazole rings is 1. The number of aromatic nitrogens is 7. The summed E-state index contributed by atoms with van der Waals surface area (Å²) in [6.07, 6.45) is 7.34. The predicted molar refractivity (Wildman–Crippen MR) is 242 cm³/mol. The van der Waals surface area contributed by atoms with Crippen molar-refractivity contribution in [1.29, 1.82) is 0 Å². The fraction of sp³-hybridized carbons (Fsp3) is 0.396. The van der Waals surface area contributed by atoms with Gasteiger partial charge >= 0.3 is 11.4 Å². The molecule has 0 bridgehead atoms. The van der Waals surface area contributed by atoms with Crippen LogP contribution >= 0.6 is 7.14 Å². The highest BCUT2D eigenvalue weighted by Crippen LogP contribution is 2.56. The van der Waals surface area contributed by atoms with Gasteiger partial charge in [0.15, 0.2) is 5.82 Å². The van der Waals surface area contributed by atoms with Crippen LogP contribution in [0.25, 0.3) is 28.1 Å². The lowest BCUT2D eigenvalue weighted by Gasteiger charge is -2.34. The number of rotatable bonds is 10. The number of ether oxygens (including phenoxy) is 1. The van der Waals surface area contributed by atoms with Gasteiger partial charge in [0, 0.05) is 72.7 Å². The van der Waals surface area contributed by atoms with Crippen molar-refractivity contribution >= 4 is 29.3 Å². The van der Waals surface area contributed by atoms with Crippen molar-refractivity contribution in [2.75, 3.05) is 32.1 Å². The van der Waals surface area contributed by atoms with E-state index in [1.165, 1.54) is 14.7 Å². The van der Waals surface area contributed by atoms with Gasteiger partial charge in [-0.05, 0) is 123 Å². The quantitative estimate of drug-likeness (QED) is 0.137. The number of fused-ring (bicyclic) bond motifs is 2. The molecule has 64 heavy (non-hydrogen) atoms. The van der Waals surface area contributed by atoms with E-state index in [0.717, 1.165) is 34.7 Å². The summed E-state index contributed by atoms with van der Waals surface area (Å²) in [6.45, 7) is 13.0. The molecule has 1 saturated heterocycles. The Bertz CT molecular complexity index is 3120. The summed E-state index contributed by atoms with van der Waals surface area (Å²) in [5, 5.41) is 11.0. The lowest BCUT2D eigenvalue weighted by Crippen LogP contribution is -2.41. The molecule has 0 radical (unpaired) electrons. The fourth-order valence-corrected chi connectivity index (χ4v) is 12.3. The molecular formula is C48H52FN8O6P. The Morgan fingerprint density at radius 2 is 1.62 bits per heavy atom. The van der Waals surface area contributed by atoms with Crippen molar-refractivity contribution in [2.45, 2.75) is 84.7 Å². The van der Waals surface area contributed by atoms with E-state index in [0.29, 0.717) is 96.2 Å². The SMILES string of the molecule is CCP(=O)(CC)c1ccc(-n2ccn(-c3c4c(nn3-c3cc(C)c(F)c(C)c3)CCN(C(=O)c3cc5cc(C6CCOCC6)ccc5n3C3(c5noc(=O)[nH]5)CC3C)C4C)c2=O)cc1. The summed E-state index contributed by atoms with van der Waals surface area (Å²) in [7, 11) is -2.53. The van der Waals surface area contributed by atoms with E-state index >= 15 is 9.18 Å². The van der Waals surface area contributed by atoms with Crippen LogP contribution in [0.15, 0.2) is 87.2 Å². The van der Waals surface area contributed by atoms with Gasteiger partial charge in [0.2, 0.25) is 0 Å². The minimum atomic E-state index is -2.53. The van der Waals surface area contributed by atoms with Crippen LogP contribution in [0.4, 0.5) is 4.39 Å². The first-order valence-electron chi connectivity index (χ1n) is 22.3. The third-order valence-electron chi connectivity index (χ3n) is 14.3. The van der Waals surface area contributed by atoms with Gasteiger partial charge in [0.05, 0.1) is 23.1 Å². The topological polar surface area (TPSA) is 155 Å². The van der Waals surface area contributed by atoms with Gasteiger partial charge in [0.1, 0.15) is 30.0 Å². The predicted octanol–water partition coefficient (Wildman–Crippen LogP) is 7.67. The highest BCUT2D eigenvalue weighted by Gasteiger charge is 2.59. The van der Waals surface area contributed by atoms with Gasteiger partial charge in [-0.15, -0.1) is 0 Å². The molecule has 1 aliphatic carbocycles. The molecule has 4 aromatic heterocycles. The first-order chi connectivity index (χ1) is 30.8. The van der Waals surface area contributed by atoms with Crippen LogP contribution in [0.1, 0.15) is 103 Å². The zero-order valence-corrected chi connectivity index (χ0v) is 37.8. The van der Waals surface area contributed by atoms with Gasteiger partial charge in [-0.1, -0.05) is 32.0 Å². The molecule has 332 valence electrons. The Labute approximate surface area is 369 Å². The first-order valence-corrected chi connectivity index (χ1v) is 24.3. The molecule has 10 rings (SSSR count). The van der Waals surface area contributed by atoms with Crippen molar-refractivity contribution < 1.29 is 23.0 Å². The molecule has 2 fully saturated rings. The molecule has 16 heteroatoms. The number of amides is 1. The molecule has 6 heterocycles. The third-order valence-corrected chi connectivity index (χ3v) is 17.5. The molecule has 3 aliphatic rings. The number of nitrogens with one attached hydrogen (secondary N) is 1. The second-order valence-corrected chi connectivity index (χ2v) is 21.4. The van der Waals surface area contributed by atoms with E-state index in [2.05, 4.69) is 35.3 Å². The minimum absolute atomic E-state index is 0.0262. The number of hydrogen-bond donors (Lipinski definition) is 1. The van der Waals surface area contributed by atoms with E-state index in [1.54, 1.807) is 43.1 Å². The maximum absolute atomic E-state index is 15.5. The number of aromatic amines is 1. The van der Waals surface area contributed by atoms with Crippen LogP contribution in [0.3, 0.4) is 0 Å². The van der Waals surface area contributed by atoms with E-state index in [9.17, 15) is 14.2 Å². The standard InChI is InChI=1S/C48H52FN8O6P/c1-7-64(61,8-2)37-12-10-35(11-13-37)54-19-20-55(47(54)60)43-41-31(6)53(18-15-38(41)51-57(43)36-23-28(3)42(49)29(4)24-36)44(58)40-26-34-25-33(32-16-21-62-22-17-32)9-14-39(34)56(40)48(27-30(48)5)45-50-46(59)63-52-45/h9-14,19-20,23-26,30-32H,7-8,15-18,21-22,27H2,1-6H3,(H,50,52,59). The molecule has 3 aromatic carbocycles. The van der Waals surface area contributed by atoms with Crippen LogP contribution in [0.5, 0.6) is 0 Å². The Kier molecular flexibility index (Phi) is 10.2. The molecule has 3 unspecified atom stereocenters. The van der Waals surface area contributed by atoms with E-state index in [4.69, 9.17) is 14.4 Å². The number of hydrogen-bond acceptors (Lipinski definition) is 8. The van der Waals surface area contributed by atoms with Crippen molar-refractivity contribution in [3.63, 3.8) is 0 Å². The average molecular weight is 887 g/mol. The highest BCUT2D eigenvalue weighted by molar-refractivity contribution is 7.71. The van der Waals surface area contributed by atoms with Crippen molar-refractivity contribution in [3.8, 4) is 17.2 Å². The van der Waals surface area contributed by atoms with Gasteiger partial charge in [0.25, 0.3) is 5.91 Å². The second-order valence-electron chi connectivity index (χ2n) is 17.8. The molecular weight excluding hydrogens is 835 g/mol. The van der Waals surface area contributed by atoms with Gasteiger partial charge in [-0.2, -0.15) is 5.10 Å². The van der Waals surface area contributed by atoms with Crippen molar-refractivity contribution in [2.24, 2.45) is 5.92 Å². The maximum Gasteiger partial charge on any atom is 0.438 e. The Morgan fingerprint density at radius 3 is 2.27 bits per heavy atom. The summed E-state index contributed by atoms with van der Waals surface area (Å²) in [5.41, 5.74) is 4.76. The van der Waals surface area contributed by atoms with Crippen LogP contribution < -0.4 is 16.8 Å². The molecule has 3 atom stereocenters. The zero-order valence-electron chi connectivity index (χ0n) is 36.9. The largest absolute Gasteiger partial charge is 0.438 e. The molecule has 1 saturated carbocycles. The number of nitrogens with zero attached hydrogens (tertiary/aromatic N) is 7. The molecule has 1 amide bonds.